The predicted octanol–water partition coefficient (Wildman–Crippen LogP) is 5.40. The van der Waals surface area contributed by atoms with Crippen LogP contribution >= 0.6 is 0 Å². The van der Waals surface area contributed by atoms with Crippen molar-refractivity contribution in [3.8, 4) is 11.3 Å². The lowest BCUT2D eigenvalue weighted by Crippen LogP contribution is -2.48. The van der Waals surface area contributed by atoms with Crippen molar-refractivity contribution in [3.05, 3.63) is 71.6 Å². The van der Waals surface area contributed by atoms with Gasteiger partial charge in [-0.15, -0.1) is 0 Å². The number of benzene rings is 2. The summed E-state index contributed by atoms with van der Waals surface area (Å²) in [6, 6.07) is 15.2. The molecule has 0 unspecified atom stereocenters. The Morgan fingerprint density at radius 1 is 1.20 bits per heavy atom. The number of hydrogen-bond acceptors (Lipinski definition) is 6. The van der Waals surface area contributed by atoms with Crippen molar-refractivity contribution in [2.24, 2.45) is 5.41 Å². The zero-order valence-corrected chi connectivity index (χ0v) is 24.4. The minimum atomic E-state index is -0.626. The fourth-order valence-electron chi connectivity index (χ4n) is 5.85. The fourth-order valence-corrected chi connectivity index (χ4v) is 5.85. The SMILES string of the molecule is CN(Cc1c(C[C@H](C=O)NC(=O)N2CCC(c3cc(-c4ccccc4)no3)CC2)ccc2[nH]ncc12)CC(C)(C)C. The number of nitrogens with one attached hydrogen (secondary N) is 2. The molecule has 0 spiro atoms. The van der Waals surface area contributed by atoms with Crippen LogP contribution in [0.1, 0.15) is 56.4 Å². The summed E-state index contributed by atoms with van der Waals surface area (Å²) in [4.78, 5) is 29.4. The van der Waals surface area contributed by atoms with Gasteiger partial charge in [0, 0.05) is 49.1 Å². The molecule has 1 saturated heterocycles. The number of amides is 2. The molecule has 2 amide bonds. The highest BCUT2D eigenvalue weighted by atomic mass is 16.5. The monoisotopic (exact) mass is 556 g/mol. The van der Waals surface area contributed by atoms with Gasteiger partial charge in [-0.05, 0) is 48.9 Å². The van der Waals surface area contributed by atoms with Crippen LogP contribution < -0.4 is 5.32 Å². The molecule has 1 atom stereocenters. The molecule has 2 aromatic heterocycles. The molecular weight excluding hydrogens is 516 g/mol. The van der Waals surface area contributed by atoms with E-state index in [0.29, 0.717) is 19.5 Å². The maximum absolute atomic E-state index is 13.2. The number of carbonyl (C=O) groups is 2. The smallest absolute Gasteiger partial charge is 0.317 e. The normalized spacial score (nSPS) is 15.4. The first-order valence-corrected chi connectivity index (χ1v) is 14.4. The van der Waals surface area contributed by atoms with Crippen molar-refractivity contribution in [3.63, 3.8) is 0 Å². The van der Waals surface area contributed by atoms with Crippen LogP contribution in [-0.2, 0) is 17.8 Å². The van der Waals surface area contributed by atoms with Crippen LogP contribution in [0.15, 0.2) is 59.3 Å². The van der Waals surface area contributed by atoms with Gasteiger partial charge in [0.2, 0.25) is 0 Å². The molecule has 3 heterocycles. The quantitative estimate of drug-likeness (QED) is 0.268. The van der Waals surface area contributed by atoms with Gasteiger partial charge >= 0.3 is 6.03 Å². The average Bonchev–Trinajstić information content (AvgIpc) is 3.64. The summed E-state index contributed by atoms with van der Waals surface area (Å²) >= 11 is 0. The number of aldehydes is 1. The van der Waals surface area contributed by atoms with E-state index < -0.39 is 6.04 Å². The Morgan fingerprint density at radius 3 is 2.66 bits per heavy atom. The second-order valence-corrected chi connectivity index (χ2v) is 12.4. The van der Waals surface area contributed by atoms with E-state index in [1.165, 1.54) is 0 Å². The second-order valence-electron chi connectivity index (χ2n) is 12.4. The molecule has 9 heteroatoms. The van der Waals surface area contributed by atoms with Gasteiger partial charge in [-0.2, -0.15) is 5.10 Å². The number of hydrogen-bond donors (Lipinski definition) is 2. The third-order valence-corrected chi connectivity index (χ3v) is 7.70. The zero-order chi connectivity index (χ0) is 29.0. The molecule has 1 aliphatic rings. The highest BCUT2D eigenvalue weighted by Gasteiger charge is 2.28. The number of aromatic nitrogens is 3. The maximum Gasteiger partial charge on any atom is 0.317 e. The summed E-state index contributed by atoms with van der Waals surface area (Å²) in [5.41, 5.74) is 5.14. The fraction of sp³-hybridized carbons (Fsp3) is 0.438. The molecule has 2 N–H and O–H groups in total. The lowest BCUT2D eigenvalue weighted by Gasteiger charge is -2.32. The molecule has 0 bridgehead atoms. The first-order valence-electron chi connectivity index (χ1n) is 14.4. The Hall–Kier alpha value is -3.98. The number of aromatic amines is 1. The Bertz CT molecular complexity index is 1460. The minimum Gasteiger partial charge on any atom is -0.360 e. The van der Waals surface area contributed by atoms with E-state index in [9.17, 15) is 9.59 Å². The van der Waals surface area contributed by atoms with Gasteiger partial charge in [0.25, 0.3) is 0 Å². The van der Waals surface area contributed by atoms with E-state index in [1.54, 1.807) is 4.90 Å². The second kappa shape index (κ2) is 12.3. The van der Waals surface area contributed by atoms with E-state index in [2.05, 4.69) is 53.4 Å². The summed E-state index contributed by atoms with van der Waals surface area (Å²) in [7, 11) is 2.11. The standard InChI is InChI=1S/C32H40N6O3/c1-32(2,3)21-37(4)19-27-24(10-11-28-26(27)18-33-35-28)16-25(20-39)34-31(40)38-14-12-23(13-15-38)30-17-29(36-41-30)22-8-6-5-7-9-22/h5-11,17-18,20,23,25H,12-16,19,21H2,1-4H3,(H,33,35)(H,34,40)/t25-/m1/s1. The molecule has 0 radical (unpaired) electrons. The van der Waals surface area contributed by atoms with Crippen LogP contribution in [0.25, 0.3) is 22.2 Å². The summed E-state index contributed by atoms with van der Waals surface area (Å²) in [5.74, 6) is 1.06. The Labute approximate surface area is 241 Å². The summed E-state index contributed by atoms with van der Waals surface area (Å²) < 4.78 is 5.67. The van der Waals surface area contributed by atoms with Crippen LogP contribution in [-0.4, -0.2) is 70.2 Å². The average molecular weight is 557 g/mol. The Kier molecular flexibility index (Phi) is 8.54. The molecule has 1 aliphatic heterocycles. The van der Waals surface area contributed by atoms with Gasteiger partial charge < -0.3 is 24.4 Å². The van der Waals surface area contributed by atoms with E-state index in [4.69, 9.17) is 4.52 Å². The number of fused-ring (bicyclic) bond motifs is 1. The number of carbonyl (C=O) groups excluding carboxylic acids is 2. The third kappa shape index (κ3) is 7.03. The molecule has 5 rings (SSSR count). The molecule has 4 aromatic rings. The van der Waals surface area contributed by atoms with E-state index in [1.807, 2.05) is 54.7 Å². The number of rotatable bonds is 9. The molecular formula is C32H40N6O3. The number of nitrogens with zero attached hydrogens (tertiary/aromatic N) is 4. The number of urea groups is 1. The highest BCUT2D eigenvalue weighted by molar-refractivity contribution is 5.83. The van der Waals surface area contributed by atoms with Crippen LogP contribution in [0.5, 0.6) is 0 Å². The summed E-state index contributed by atoms with van der Waals surface area (Å²) in [6.07, 6.45) is 4.67. The van der Waals surface area contributed by atoms with Gasteiger partial charge in [0.05, 0.1) is 17.8 Å². The van der Waals surface area contributed by atoms with Crippen molar-refractivity contribution < 1.29 is 14.1 Å². The predicted molar refractivity (Wildman–Crippen MR) is 159 cm³/mol. The highest BCUT2D eigenvalue weighted by Crippen LogP contribution is 2.31. The van der Waals surface area contributed by atoms with Gasteiger partial charge in [-0.3, -0.25) is 5.10 Å². The van der Waals surface area contributed by atoms with Crippen molar-refractivity contribution >= 4 is 23.2 Å². The van der Waals surface area contributed by atoms with Gasteiger partial charge in [0.15, 0.2) is 0 Å². The first kappa shape index (κ1) is 28.5. The van der Waals surface area contributed by atoms with Crippen molar-refractivity contribution in [1.82, 2.24) is 30.5 Å². The molecule has 41 heavy (non-hydrogen) atoms. The summed E-state index contributed by atoms with van der Waals surface area (Å²) in [5, 5.41) is 15.6. The molecule has 2 aromatic carbocycles. The zero-order valence-electron chi connectivity index (χ0n) is 24.4. The van der Waals surface area contributed by atoms with E-state index in [-0.39, 0.29) is 17.4 Å². The van der Waals surface area contributed by atoms with Crippen molar-refractivity contribution in [1.29, 1.82) is 0 Å². The van der Waals surface area contributed by atoms with Gasteiger partial charge in [-0.25, -0.2) is 4.79 Å². The van der Waals surface area contributed by atoms with Gasteiger partial charge in [0.1, 0.15) is 17.7 Å². The van der Waals surface area contributed by atoms with Gasteiger partial charge in [-0.1, -0.05) is 62.3 Å². The minimum absolute atomic E-state index is 0.156. The van der Waals surface area contributed by atoms with Crippen LogP contribution in [0.2, 0.25) is 0 Å². The lowest BCUT2D eigenvalue weighted by atomic mass is 9.93. The largest absolute Gasteiger partial charge is 0.360 e. The molecule has 9 nitrogen and oxygen atoms in total. The molecule has 0 aliphatic carbocycles. The topological polar surface area (TPSA) is 107 Å². The van der Waals surface area contributed by atoms with E-state index >= 15 is 0 Å². The van der Waals surface area contributed by atoms with Crippen LogP contribution in [0.3, 0.4) is 0 Å². The first-order chi connectivity index (χ1) is 19.7. The number of likely N-dealkylation sites (tertiary alicyclic amines) is 1. The lowest BCUT2D eigenvalue weighted by molar-refractivity contribution is -0.109. The molecule has 0 saturated carbocycles. The number of H-pyrrole nitrogens is 1. The van der Waals surface area contributed by atoms with Crippen molar-refractivity contribution in [2.75, 3.05) is 26.7 Å². The molecule has 1 fully saturated rings. The van der Waals surface area contributed by atoms with Crippen molar-refractivity contribution in [2.45, 2.75) is 58.5 Å². The third-order valence-electron chi connectivity index (χ3n) is 7.70. The number of piperidine rings is 1. The maximum atomic E-state index is 13.2. The molecule has 216 valence electrons. The Morgan fingerprint density at radius 2 is 1.95 bits per heavy atom. The van der Waals surface area contributed by atoms with Crippen LogP contribution in [0.4, 0.5) is 4.79 Å². The Balaban J connectivity index is 1.20. The van der Waals surface area contributed by atoms with Crippen LogP contribution in [0, 0.1) is 5.41 Å². The summed E-state index contributed by atoms with van der Waals surface area (Å²) in [6.45, 7) is 9.49. The van der Waals surface area contributed by atoms with E-state index in [0.717, 1.165) is 71.3 Å².